The lowest BCUT2D eigenvalue weighted by molar-refractivity contribution is -0.115. The molecule has 0 aromatic carbocycles. The van der Waals surface area contributed by atoms with Crippen molar-refractivity contribution >= 4 is 11.7 Å². The van der Waals surface area contributed by atoms with Gasteiger partial charge in [0, 0.05) is 25.7 Å². The first kappa shape index (κ1) is 9.38. The first-order valence-corrected chi connectivity index (χ1v) is 3.91. The average molecular weight is 177 g/mol. The molecule has 1 heterocycles. The van der Waals surface area contributed by atoms with E-state index in [0.29, 0.717) is 12.3 Å². The Morgan fingerprint density at radius 3 is 3.00 bits per heavy atom. The predicted octanol–water partition coefficient (Wildman–Crippen LogP) is 0.528. The summed E-state index contributed by atoms with van der Waals surface area (Å²) in [6.45, 7) is 1.37. The first-order valence-electron chi connectivity index (χ1n) is 3.91. The fourth-order valence-corrected chi connectivity index (χ4v) is 0.954. The van der Waals surface area contributed by atoms with E-state index in [9.17, 15) is 4.79 Å². The Morgan fingerprint density at radius 1 is 1.69 bits per heavy atom. The SMILES string of the molecule is CC(=O)N=C(N)Cc1cccnc1. The summed E-state index contributed by atoms with van der Waals surface area (Å²) in [5.74, 6) is 0.0434. The molecule has 0 radical (unpaired) electrons. The monoisotopic (exact) mass is 177 g/mol. The molecule has 0 bridgehead atoms. The Kier molecular flexibility index (Phi) is 3.14. The van der Waals surface area contributed by atoms with E-state index in [1.165, 1.54) is 6.92 Å². The molecule has 1 rings (SSSR count). The minimum atomic E-state index is -0.276. The summed E-state index contributed by atoms with van der Waals surface area (Å²) in [6, 6.07) is 3.70. The summed E-state index contributed by atoms with van der Waals surface area (Å²) in [6.07, 6.45) is 3.84. The number of aromatic nitrogens is 1. The molecule has 0 spiro atoms. The van der Waals surface area contributed by atoms with Crippen LogP contribution in [-0.2, 0) is 11.2 Å². The summed E-state index contributed by atoms with van der Waals surface area (Å²) in [4.78, 5) is 18.1. The van der Waals surface area contributed by atoms with Crippen LogP contribution in [-0.4, -0.2) is 16.7 Å². The number of pyridine rings is 1. The first-order chi connectivity index (χ1) is 6.18. The fraction of sp³-hybridized carbons (Fsp3) is 0.222. The van der Waals surface area contributed by atoms with Crippen molar-refractivity contribution in [3.05, 3.63) is 30.1 Å². The van der Waals surface area contributed by atoms with Crippen molar-refractivity contribution in [2.75, 3.05) is 0 Å². The molecule has 0 atom stereocenters. The molecule has 0 aliphatic carbocycles. The van der Waals surface area contributed by atoms with Gasteiger partial charge in [0.1, 0.15) is 5.84 Å². The van der Waals surface area contributed by atoms with Gasteiger partial charge in [-0.2, -0.15) is 0 Å². The van der Waals surface area contributed by atoms with E-state index in [4.69, 9.17) is 5.73 Å². The van der Waals surface area contributed by atoms with E-state index in [-0.39, 0.29) is 5.91 Å². The van der Waals surface area contributed by atoms with Crippen LogP contribution < -0.4 is 5.73 Å². The molecule has 0 aliphatic heterocycles. The van der Waals surface area contributed by atoms with Crippen LogP contribution in [0.5, 0.6) is 0 Å². The lowest BCUT2D eigenvalue weighted by Crippen LogP contribution is -2.16. The van der Waals surface area contributed by atoms with Crippen molar-refractivity contribution in [3.63, 3.8) is 0 Å². The second-order valence-electron chi connectivity index (χ2n) is 2.66. The van der Waals surface area contributed by atoms with Crippen LogP contribution in [0.3, 0.4) is 0 Å². The van der Waals surface area contributed by atoms with Gasteiger partial charge in [0.2, 0.25) is 5.91 Å². The van der Waals surface area contributed by atoms with Crippen molar-refractivity contribution in [3.8, 4) is 0 Å². The average Bonchev–Trinajstić information content (AvgIpc) is 2.04. The van der Waals surface area contributed by atoms with Gasteiger partial charge >= 0.3 is 0 Å². The van der Waals surface area contributed by atoms with Crippen LogP contribution in [0.2, 0.25) is 0 Å². The molecule has 1 amide bonds. The number of amidine groups is 1. The van der Waals surface area contributed by atoms with Crippen molar-refractivity contribution in [1.82, 2.24) is 4.98 Å². The predicted molar refractivity (Wildman–Crippen MR) is 50.2 cm³/mol. The molecule has 68 valence electrons. The van der Waals surface area contributed by atoms with Gasteiger partial charge in [0.15, 0.2) is 0 Å². The molecule has 0 aliphatic rings. The maximum Gasteiger partial charge on any atom is 0.244 e. The van der Waals surface area contributed by atoms with Gasteiger partial charge in [-0.1, -0.05) is 6.07 Å². The van der Waals surface area contributed by atoms with Crippen LogP contribution in [0.15, 0.2) is 29.5 Å². The van der Waals surface area contributed by atoms with Crippen LogP contribution >= 0.6 is 0 Å². The van der Waals surface area contributed by atoms with Crippen LogP contribution in [0.4, 0.5) is 0 Å². The molecule has 0 saturated heterocycles. The molecule has 2 N–H and O–H groups in total. The minimum Gasteiger partial charge on any atom is -0.387 e. The minimum absolute atomic E-state index is 0.276. The molecule has 4 heteroatoms. The molecule has 13 heavy (non-hydrogen) atoms. The van der Waals surface area contributed by atoms with Gasteiger partial charge in [-0.25, -0.2) is 4.99 Å². The summed E-state index contributed by atoms with van der Waals surface area (Å²) in [5.41, 5.74) is 6.46. The van der Waals surface area contributed by atoms with Crippen LogP contribution in [0.1, 0.15) is 12.5 Å². The highest BCUT2D eigenvalue weighted by Gasteiger charge is 1.97. The maximum atomic E-state index is 10.6. The number of nitrogens with zero attached hydrogens (tertiary/aromatic N) is 2. The van der Waals surface area contributed by atoms with Gasteiger partial charge in [-0.15, -0.1) is 0 Å². The Hall–Kier alpha value is -1.71. The second kappa shape index (κ2) is 4.35. The number of carbonyl (C=O) groups excluding carboxylic acids is 1. The number of hydrogen-bond acceptors (Lipinski definition) is 2. The molecule has 0 saturated carbocycles. The number of rotatable bonds is 2. The second-order valence-corrected chi connectivity index (χ2v) is 2.66. The van der Waals surface area contributed by atoms with Gasteiger partial charge in [-0.3, -0.25) is 9.78 Å². The zero-order valence-electron chi connectivity index (χ0n) is 7.40. The Morgan fingerprint density at radius 2 is 2.46 bits per heavy atom. The van der Waals surface area contributed by atoms with Gasteiger partial charge < -0.3 is 5.73 Å². The highest BCUT2D eigenvalue weighted by atomic mass is 16.1. The smallest absolute Gasteiger partial charge is 0.244 e. The Balaban J connectivity index is 2.65. The number of amides is 1. The molecular formula is C9H11N3O. The maximum absolute atomic E-state index is 10.6. The van der Waals surface area contributed by atoms with E-state index in [1.807, 2.05) is 12.1 Å². The Bertz CT molecular complexity index is 319. The third kappa shape index (κ3) is 3.46. The molecule has 0 fully saturated rings. The zero-order valence-corrected chi connectivity index (χ0v) is 7.40. The van der Waals surface area contributed by atoms with E-state index in [0.717, 1.165) is 5.56 Å². The summed E-state index contributed by atoms with van der Waals surface area (Å²) >= 11 is 0. The van der Waals surface area contributed by atoms with Crippen molar-refractivity contribution in [2.45, 2.75) is 13.3 Å². The van der Waals surface area contributed by atoms with Crippen molar-refractivity contribution < 1.29 is 4.79 Å². The third-order valence-corrected chi connectivity index (χ3v) is 1.41. The molecule has 1 aromatic heterocycles. The largest absolute Gasteiger partial charge is 0.387 e. The summed E-state index contributed by atoms with van der Waals surface area (Å²) in [5, 5.41) is 0. The Labute approximate surface area is 76.5 Å². The highest BCUT2D eigenvalue weighted by Crippen LogP contribution is 1.96. The third-order valence-electron chi connectivity index (χ3n) is 1.41. The lowest BCUT2D eigenvalue weighted by Gasteiger charge is -1.98. The van der Waals surface area contributed by atoms with E-state index in [2.05, 4.69) is 9.98 Å². The van der Waals surface area contributed by atoms with Gasteiger partial charge in [0.05, 0.1) is 0 Å². The quantitative estimate of drug-likeness (QED) is 0.529. The van der Waals surface area contributed by atoms with Gasteiger partial charge in [0.25, 0.3) is 0 Å². The molecule has 0 unspecified atom stereocenters. The highest BCUT2D eigenvalue weighted by molar-refractivity contribution is 5.93. The molecule has 4 nitrogen and oxygen atoms in total. The summed E-state index contributed by atoms with van der Waals surface area (Å²) < 4.78 is 0. The van der Waals surface area contributed by atoms with E-state index < -0.39 is 0 Å². The number of hydrogen-bond donors (Lipinski definition) is 1. The number of nitrogens with two attached hydrogens (primary N) is 1. The number of aliphatic imine (C=N–C) groups is 1. The van der Waals surface area contributed by atoms with Crippen molar-refractivity contribution in [1.29, 1.82) is 0 Å². The van der Waals surface area contributed by atoms with E-state index >= 15 is 0 Å². The van der Waals surface area contributed by atoms with Gasteiger partial charge in [-0.05, 0) is 11.6 Å². The normalized spacial score (nSPS) is 11.3. The molecular weight excluding hydrogens is 166 g/mol. The molecule has 1 aromatic rings. The topological polar surface area (TPSA) is 68.3 Å². The lowest BCUT2D eigenvalue weighted by atomic mass is 10.2. The fourth-order valence-electron chi connectivity index (χ4n) is 0.954. The van der Waals surface area contributed by atoms with Crippen LogP contribution in [0, 0.1) is 0 Å². The van der Waals surface area contributed by atoms with Crippen molar-refractivity contribution in [2.24, 2.45) is 10.7 Å². The van der Waals surface area contributed by atoms with Crippen LogP contribution in [0.25, 0.3) is 0 Å². The summed E-state index contributed by atoms with van der Waals surface area (Å²) in [7, 11) is 0. The zero-order chi connectivity index (χ0) is 9.68. The standard InChI is InChI=1S/C9H11N3O/c1-7(13)12-9(10)5-8-3-2-4-11-6-8/h2-4,6H,5H2,1H3,(H2,10,12,13). The van der Waals surface area contributed by atoms with E-state index in [1.54, 1.807) is 12.4 Å². The number of carbonyl (C=O) groups is 1.